The van der Waals surface area contributed by atoms with Crippen LogP contribution in [0, 0.1) is 0 Å². The molecule has 0 saturated carbocycles. The highest BCUT2D eigenvalue weighted by atomic mass is 32.2. The van der Waals surface area contributed by atoms with Crippen molar-refractivity contribution >= 4 is 81.0 Å². The first-order chi connectivity index (χ1) is 21.5. The third-order valence-corrected chi connectivity index (χ3v) is 9.41. The van der Waals surface area contributed by atoms with Crippen LogP contribution >= 0.6 is 46.4 Å². The lowest BCUT2D eigenvalue weighted by Gasteiger charge is -2.17. The van der Waals surface area contributed by atoms with Gasteiger partial charge in [0.05, 0.1) is 0 Å². The van der Waals surface area contributed by atoms with Crippen molar-refractivity contribution in [1.29, 1.82) is 0 Å². The molecule has 2 aromatic heterocycles. The van der Waals surface area contributed by atoms with E-state index in [1.807, 2.05) is 72.3 Å². The molecule has 5 rings (SSSR count). The van der Waals surface area contributed by atoms with Gasteiger partial charge in [0.25, 0.3) is 11.8 Å². The molecule has 0 aliphatic carbocycles. The van der Waals surface area contributed by atoms with Crippen LogP contribution in [0.15, 0.2) is 118 Å². The third kappa shape index (κ3) is 8.66. The molecule has 1 atom stereocenters. The molecule has 0 aliphatic heterocycles. The number of aromatic nitrogens is 2. The van der Waals surface area contributed by atoms with E-state index < -0.39 is 11.2 Å². The maximum atomic E-state index is 13.5. The number of benzene rings is 3. The van der Waals surface area contributed by atoms with Gasteiger partial charge in [-0.15, -0.1) is 11.8 Å². The van der Waals surface area contributed by atoms with Crippen LogP contribution in [-0.2, 0) is 9.59 Å². The first kappa shape index (κ1) is 31.2. The van der Waals surface area contributed by atoms with Gasteiger partial charge in [-0.1, -0.05) is 73.3 Å². The number of carbonyl (C=O) groups is 3. The molecular formula is C32H27N5O3S4. The van der Waals surface area contributed by atoms with E-state index in [2.05, 4.69) is 25.3 Å². The molecule has 0 bridgehead atoms. The van der Waals surface area contributed by atoms with E-state index in [1.165, 1.54) is 34.9 Å². The average molecular weight is 658 g/mol. The Hall–Kier alpha value is -4.23. The average Bonchev–Trinajstić information content (AvgIpc) is 3.73. The van der Waals surface area contributed by atoms with Crippen LogP contribution < -0.4 is 16.0 Å². The van der Waals surface area contributed by atoms with Gasteiger partial charge < -0.3 is 10.6 Å². The summed E-state index contributed by atoms with van der Waals surface area (Å²) >= 11 is 5.50. The molecule has 1 unspecified atom stereocenters. The molecule has 44 heavy (non-hydrogen) atoms. The summed E-state index contributed by atoms with van der Waals surface area (Å²) in [6, 6.07) is 27.3. The minimum absolute atomic E-state index is 0.106. The predicted molar refractivity (Wildman–Crippen MR) is 181 cm³/mol. The molecule has 5 aromatic rings. The number of nitrogens with one attached hydrogen (secondary N) is 3. The highest BCUT2D eigenvalue weighted by Gasteiger charge is 2.24. The van der Waals surface area contributed by atoms with E-state index in [0.29, 0.717) is 21.5 Å². The summed E-state index contributed by atoms with van der Waals surface area (Å²) in [6.45, 7) is 2.02. The zero-order valence-electron chi connectivity index (χ0n) is 23.4. The number of thioether (sulfide) groups is 2. The van der Waals surface area contributed by atoms with Crippen molar-refractivity contribution in [2.75, 3.05) is 16.4 Å². The summed E-state index contributed by atoms with van der Waals surface area (Å²) in [5.74, 6) is -0.259. The second-order valence-electron chi connectivity index (χ2n) is 9.13. The molecule has 12 heteroatoms. The molecular weight excluding hydrogens is 631 g/mol. The van der Waals surface area contributed by atoms with Crippen molar-refractivity contribution in [3.8, 4) is 0 Å². The number of nitrogens with zero attached hydrogens (tertiary/aromatic N) is 2. The van der Waals surface area contributed by atoms with Crippen molar-refractivity contribution in [2.24, 2.45) is 0 Å². The second-order valence-corrected chi connectivity index (χ2v) is 13.1. The monoisotopic (exact) mass is 657 g/mol. The van der Waals surface area contributed by atoms with Crippen LogP contribution in [0.4, 0.5) is 10.8 Å². The van der Waals surface area contributed by atoms with Gasteiger partial charge in [0, 0.05) is 27.7 Å². The Balaban J connectivity index is 1.34. The summed E-state index contributed by atoms with van der Waals surface area (Å²) in [6.07, 6.45) is 1.64. The van der Waals surface area contributed by atoms with Crippen molar-refractivity contribution in [1.82, 2.24) is 14.7 Å². The topological polar surface area (TPSA) is 113 Å². The Morgan fingerprint density at radius 3 is 2.43 bits per heavy atom. The standard InChI is InChI=1S/C32H27N5O3S4/c1-2-42-32-36-31(44-37-32)35-30(40)27(22-10-5-3-6-11-22)43-25-15-9-14-24(19-25)33-29(39)26(18-21-16-17-41-20-21)34-28(38)23-12-7-4-8-13-23/h3-20,27H,2H2,1H3,(H,33,39)(H,34,38)(H,35,36,37,40)/b26-18-. The third-order valence-electron chi connectivity index (χ3n) is 5.98. The highest BCUT2D eigenvalue weighted by Crippen LogP contribution is 2.37. The molecule has 0 spiro atoms. The van der Waals surface area contributed by atoms with Crippen LogP contribution in [0.25, 0.3) is 6.08 Å². The zero-order valence-corrected chi connectivity index (χ0v) is 26.7. The van der Waals surface area contributed by atoms with Crippen LogP contribution in [0.3, 0.4) is 0 Å². The lowest BCUT2D eigenvalue weighted by atomic mass is 10.1. The largest absolute Gasteiger partial charge is 0.321 e. The number of rotatable bonds is 12. The van der Waals surface area contributed by atoms with Crippen LogP contribution in [0.2, 0.25) is 0 Å². The van der Waals surface area contributed by atoms with Gasteiger partial charge in [-0.05, 0) is 70.1 Å². The molecule has 0 aliphatic rings. The Kier molecular flexibility index (Phi) is 11.0. The molecule has 8 nitrogen and oxygen atoms in total. The minimum atomic E-state index is -0.590. The lowest BCUT2D eigenvalue weighted by Crippen LogP contribution is -2.30. The predicted octanol–water partition coefficient (Wildman–Crippen LogP) is 7.59. The van der Waals surface area contributed by atoms with E-state index in [-0.39, 0.29) is 17.5 Å². The minimum Gasteiger partial charge on any atom is -0.321 e. The van der Waals surface area contributed by atoms with E-state index in [9.17, 15) is 14.4 Å². The SMILES string of the molecule is CCSc1nsc(NC(=O)C(Sc2cccc(NC(=O)/C(=C/c3ccsc3)NC(=O)c3ccccc3)c2)c2ccccc2)n1. The van der Waals surface area contributed by atoms with E-state index in [0.717, 1.165) is 33.3 Å². The summed E-state index contributed by atoms with van der Waals surface area (Å²) in [7, 11) is 0. The number of amides is 3. The van der Waals surface area contributed by atoms with Crippen molar-refractivity contribution in [3.63, 3.8) is 0 Å². The normalized spacial score (nSPS) is 11.9. The van der Waals surface area contributed by atoms with E-state index in [4.69, 9.17) is 0 Å². The first-order valence-electron chi connectivity index (χ1n) is 13.5. The summed E-state index contributed by atoms with van der Waals surface area (Å²) in [5, 5.41) is 12.8. The number of anilines is 2. The quantitative estimate of drug-likeness (QED) is 0.0936. The van der Waals surface area contributed by atoms with Crippen molar-refractivity contribution < 1.29 is 14.4 Å². The van der Waals surface area contributed by atoms with Gasteiger partial charge in [0.2, 0.25) is 16.2 Å². The molecule has 0 radical (unpaired) electrons. The summed E-state index contributed by atoms with van der Waals surface area (Å²) in [4.78, 5) is 45.0. The van der Waals surface area contributed by atoms with Gasteiger partial charge in [-0.25, -0.2) is 0 Å². The first-order valence-corrected chi connectivity index (χ1v) is 17.1. The van der Waals surface area contributed by atoms with Gasteiger partial charge >= 0.3 is 0 Å². The summed E-state index contributed by atoms with van der Waals surface area (Å²) < 4.78 is 4.29. The number of carbonyl (C=O) groups excluding carboxylic acids is 3. The number of hydrogen-bond donors (Lipinski definition) is 3. The number of thiophene rings is 1. The fourth-order valence-electron chi connectivity index (χ4n) is 3.97. The molecule has 222 valence electrons. The van der Waals surface area contributed by atoms with Gasteiger partial charge in [-0.2, -0.15) is 20.7 Å². The summed E-state index contributed by atoms with van der Waals surface area (Å²) in [5.41, 5.74) is 2.68. The van der Waals surface area contributed by atoms with Crippen LogP contribution in [-0.4, -0.2) is 32.8 Å². The Bertz CT molecular complexity index is 1740. The van der Waals surface area contributed by atoms with E-state index in [1.54, 1.807) is 42.5 Å². The fourth-order valence-corrected chi connectivity index (χ4v) is 6.94. The van der Waals surface area contributed by atoms with Crippen LogP contribution in [0.1, 0.15) is 33.7 Å². The smallest absolute Gasteiger partial charge is 0.272 e. The lowest BCUT2D eigenvalue weighted by molar-refractivity contribution is -0.116. The maximum Gasteiger partial charge on any atom is 0.272 e. The zero-order chi connectivity index (χ0) is 30.7. The van der Waals surface area contributed by atoms with Crippen LogP contribution in [0.5, 0.6) is 0 Å². The Morgan fingerprint density at radius 1 is 0.932 bits per heavy atom. The molecule has 3 aromatic carbocycles. The molecule has 3 N–H and O–H groups in total. The maximum absolute atomic E-state index is 13.5. The Morgan fingerprint density at radius 2 is 1.70 bits per heavy atom. The molecule has 3 amide bonds. The highest BCUT2D eigenvalue weighted by molar-refractivity contribution is 8.00. The molecule has 2 heterocycles. The molecule has 0 fully saturated rings. The van der Waals surface area contributed by atoms with Gasteiger partial charge in [0.1, 0.15) is 10.9 Å². The Labute approximate surface area is 271 Å². The van der Waals surface area contributed by atoms with Crippen molar-refractivity contribution in [3.05, 3.63) is 124 Å². The van der Waals surface area contributed by atoms with Gasteiger partial charge in [0.15, 0.2) is 0 Å². The fraction of sp³-hybridized carbons (Fsp3) is 0.0938. The second kappa shape index (κ2) is 15.5. The van der Waals surface area contributed by atoms with Crippen molar-refractivity contribution in [2.45, 2.75) is 22.2 Å². The van der Waals surface area contributed by atoms with Gasteiger partial charge in [-0.3, -0.25) is 19.7 Å². The molecule has 0 saturated heterocycles. The number of hydrogen-bond acceptors (Lipinski definition) is 9. The van der Waals surface area contributed by atoms with E-state index >= 15 is 0 Å².